The van der Waals surface area contributed by atoms with Crippen molar-refractivity contribution in [1.29, 1.82) is 0 Å². The van der Waals surface area contributed by atoms with E-state index in [-0.39, 0.29) is 6.20 Å². The van der Waals surface area contributed by atoms with Gasteiger partial charge in [0.05, 0.1) is 5.56 Å². The number of alkyl halides is 5. The largest absolute Gasteiger partial charge is 0.420 e. The van der Waals surface area contributed by atoms with Crippen molar-refractivity contribution in [3.8, 4) is 0 Å². The number of aromatic nitrogens is 1. The molecule has 1 aromatic heterocycles. The quantitative estimate of drug-likeness (QED) is 0.463. The van der Waals surface area contributed by atoms with Gasteiger partial charge in [0.15, 0.2) is 6.20 Å². The van der Waals surface area contributed by atoms with Gasteiger partial charge in [0.1, 0.15) is 5.56 Å². The molecule has 1 heterocycles. The molecule has 1 rings (SSSR count). The van der Waals surface area contributed by atoms with Gasteiger partial charge >= 0.3 is 12.0 Å². The SMILES string of the molecule is Cc1c([N+](=O)[O-])ncc(C(F)(F)F)c1C(F)F. The van der Waals surface area contributed by atoms with E-state index in [0.717, 1.165) is 6.92 Å². The summed E-state index contributed by atoms with van der Waals surface area (Å²) in [5.41, 5.74) is -3.84. The highest BCUT2D eigenvalue weighted by atomic mass is 19.4. The van der Waals surface area contributed by atoms with Crippen molar-refractivity contribution in [2.45, 2.75) is 19.5 Å². The van der Waals surface area contributed by atoms with Gasteiger partial charge in [-0.3, -0.25) is 0 Å². The molecule has 0 spiro atoms. The van der Waals surface area contributed by atoms with Crippen LogP contribution in [0, 0.1) is 17.0 Å². The van der Waals surface area contributed by atoms with Crippen molar-refractivity contribution in [1.82, 2.24) is 4.98 Å². The molecule has 0 bridgehead atoms. The van der Waals surface area contributed by atoms with E-state index in [1.165, 1.54) is 0 Å². The molecule has 1 aromatic rings. The Kier molecular flexibility index (Phi) is 3.30. The van der Waals surface area contributed by atoms with E-state index < -0.39 is 40.0 Å². The third kappa shape index (κ3) is 2.48. The Labute approximate surface area is 91.2 Å². The number of hydrogen-bond acceptors (Lipinski definition) is 3. The molecule has 0 N–H and O–H groups in total. The Balaban J connectivity index is 3.57. The Morgan fingerprint density at radius 1 is 1.41 bits per heavy atom. The van der Waals surface area contributed by atoms with Crippen LogP contribution in [0.2, 0.25) is 0 Å². The van der Waals surface area contributed by atoms with E-state index in [4.69, 9.17) is 0 Å². The van der Waals surface area contributed by atoms with Gasteiger partial charge in [0.25, 0.3) is 6.43 Å². The average Bonchev–Trinajstić information content (AvgIpc) is 2.14. The molecule has 0 saturated heterocycles. The zero-order valence-corrected chi connectivity index (χ0v) is 8.26. The molecule has 0 aliphatic rings. The standard InChI is InChI=1S/C8H5F5N2O2/c1-3-5(6(9)10)4(8(11,12)13)2-14-7(3)15(16)17/h2,6H,1H3. The summed E-state index contributed by atoms with van der Waals surface area (Å²) in [6, 6.07) is 0. The summed E-state index contributed by atoms with van der Waals surface area (Å²) < 4.78 is 62.2. The van der Waals surface area contributed by atoms with Gasteiger partial charge < -0.3 is 10.1 Å². The molecule has 0 radical (unpaired) electrons. The zero-order chi connectivity index (χ0) is 13.4. The van der Waals surface area contributed by atoms with Crippen LogP contribution in [-0.4, -0.2) is 9.91 Å². The normalized spacial score (nSPS) is 11.9. The molecule has 0 fully saturated rings. The molecule has 0 atom stereocenters. The maximum atomic E-state index is 12.5. The van der Waals surface area contributed by atoms with Gasteiger partial charge in [-0.2, -0.15) is 13.2 Å². The Bertz CT molecular complexity index is 458. The van der Waals surface area contributed by atoms with E-state index >= 15 is 0 Å². The van der Waals surface area contributed by atoms with Crippen molar-refractivity contribution in [3.63, 3.8) is 0 Å². The van der Waals surface area contributed by atoms with Gasteiger partial charge in [0.2, 0.25) is 0 Å². The summed E-state index contributed by atoms with van der Waals surface area (Å²) in [6.45, 7) is 0.807. The highest BCUT2D eigenvalue weighted by Crippen LogP contribution is 2.39. The van der Waals surface area contributed by atoms with Crippen LogP contribution in [-0.2, 0) is 6.18 Å². The van der Waals surface area contributed by atoms with E-state index in [1.54, 1.807) is 0 Å². The number of pyridine rings is 1. The van der Waals surface area contributed by atoms with E-state index in [2.05, 4.69) is 4.98 Å². The summed E-state index contributed by atoms with van der Waals surface area (Å²) in [6.07, 6.45) is -8.45. The monoisotopic (exact) mass is 256 g/mol. The van der Waals surface area contributed by atoms with E-state index in [1.807, 2.05) is 0 Å². The maximum Gasteiger partial charge on any atom is 0.420 e. The molecule has 0 aromatic carbocycles. The first kappa shape index (κ1) is 13.3. The van der Waals surface area contributed by atoms with Gasteiger partial charge in [-0.25, -0.2) is 8.78 Å². The van der Waals surface area contributed by atoms with Gasteiger partial charge in [-0.05, 0) is 16.8 Å². The second-order valence-corrected chi connectivity index (χ2v) is 3.09. The van der Waals surface area contributed by atoms with Crippen LogP contribution in [0.3, 0.4) is 0 Å². The molecule has 94 valence electrons. The first-order valence-corrected chi connectivity index (χ1v) is 4.15. The van der Waals surface area contributed by atoms with Crippen molar-refractivity contribution < 1.29 is 26.9 Å². The minimum atomic E-state index is -5.03. The van der Waals surface area contributed by atoms with E-state index in [0.29, 0.717) is 0 Å². The summed E-state index contributed by atoms with van der Waals surface area (Å²) in [5, 5.41) is 10.4. The van der Waals surface area contributed by atoms with Crippen LogP contribution in [0.15, 0.2) is 6.20 Å². The topological polar surface area (TPSA) is 56.0 Å². The molecular weight excluding hydrogens is 251 g/mol. The first-order valence-electron chi connectivity index (χ1n) is 4.15. The third-order valence-corrected chi connectivity index (χ3v) is 2.04. The fraction of sp³-hybridized carbons (Fsp3) is 0.375. The molecule has 0 aliphatic heterocycles. The van der Waals surface area contributed by atoms with Crippen LogP contribution in [0.4, 0.5) is 27.8 Å². The molecule has 0 amide bonds. The van der Waals surface area contributed by atoms with Gasteiger partial charge in [-0.15, -0.1) is 0 Å². The van der Waals surface area contributed by atoms with Crippen molar-refractivity contribution in [3.05, 3.63) is 33.0 Å². The fourth-order valence-corrected chi connectivity index (χ4v) is 1.31. The van der Waals surface area contributed by atoms with Gasteiger partial charge in [-0.1, -0.05) is 0 Å². The summed E-state index contributed by atoms with van der Waals surface area (Å²) in [7, 11) is 0. The molecule has 4 nitrogen and oxygen atoms in total. The number of nitrogens with zero attached hydrogens (tertiary/aromatic N) is 2. The lowest BCUT2D eigenvalue weighted by molar-refractivity contribution is -0.390. The summed E-state index contributed by atoms with van der Waals surface area (Å²) in [5.74, 6) is -1.01. The predicted octanol–water partition coefficient (Wildman–Crippen LogP) is 3.25. The van der Waals surface area contributed by atoms with Crippen molar-refractivity contribution >= 4 is 5.82 Å². The van der Waals surface area contributed by atoms with Crippen LogP contribution in [0.1, 0.15) is 23.1 Å². The Hall–Kier alpha value is -1.80. The minimum absolute atomic E-state index is 0.0482. The average molecular weight is 256 g/mol. The van der Waals surface area contributed by atoms with E-state index in [9.17, 15) is 32.1 Å². The lowest BCUT2D eigenvalue weighted by Gasteiger charge is -2.12. The maximum absolute atomic E-state index is 12.5. The summed E-state index contributed by atoms with van der Waals surface area (Å²) in [4.78, 5) is 12.2. The second-order valence-electron chi connectivity index (χ2n) is 3.09. The highest BCUT2D eigenvalue weighted by molar-refractivity contribution is 5.44. The van der Waals surface area contributed by atoms with Crippen LogP contribution >= 0.6 is 0 Å². The number of rotatable bonds is 2. The lowest BCUT2D eigenvalue weighted by Crippen LogP contribution is -2.13. The third-order valence-electron chi connectivity index (χ3n) is 2.04. The fourth-order valence-electron chi connectivity index (χ4n) is 1.31. The molecule has 9 heteroatoms. The molecular formula is C8H5F5N2O2. The smallest absolute Gasteiger partial charge is 0.358 e. The predicted molar refractivity (Wildman–Crippen MR) is 45.6 cm³/mol. The van der Waals surface area contributed by atoms with Crippen LogP contribution in [0.5, 0.6) is 0 Å². The van der Waals surface area contributed by atoms with Crippen LogP contribution < -0.4 is 0 Å². The van der Waals surface area contributed by atoms with Gasteiger partial charge in [0, 0.05) is 5.56 Å². The zero-order valence-electron chi connectivity index (χ0n) is 8.26. The lowest BCUT2D eigenvalue weighted by atomic mass is 10.0. The number of nitro groups is 1. The summed E-state index contributed by atoms with van der Waals surface area (Å²) >= 11 is 0. The second kappa shape index (κ2) is 4.22. The molecule has 0 aliphatic carbocycles. The molecule has 0 saturated carbocycles. The first-order chi connectivity index (χ1) is 7.66. The molecule has 0 unspecified atom stereocenters. The highest BCUT2D eigenvalue weighted by Gasteiger charge is 2.40. The molecule has 17 heavy (non-hydrogen) atoms. The van der Waals surface area contributed by atoms with Crippen molar-refractivity contribution in [2.75, 3.05) is 0 Å². The number of hydrogen-bond donors (Lipinski definition) is 0. The Morgan fingerprint density at radius 2 is 1.94 bits per heavy atom. The van der Waals surface area contributed by atoms with Crippen molar-refractivity contribution in [2.24, 2.45) is 0 Å². The Morgan fingerprint density at radius 3 is 2.29 bits per heavy atom. The number of halogens is 5. The van der Waals surface area contributed by atoms with Crippen LogP contribution in [0.25, 0.3) is 0 Å². The minimum Gasteiger partial charge on any atom is -0.358 e.